The highest BCUT2D eigenvalue weighted by molar-refractivity contribution is 5.98. The summed E-state index contributed by atoms with van der Waals surface area (Å²) in [5.74, 6) is 1.09. The van der Waals surface area contributed by atoms with Crippen LogP contribution in [0.4, 0.5) is 17.1 Å². The van der Waals surface area contributed by atoms with Gasteiger partial charge in [0.05, 0.1) is 0 Å². The number of allylic oxidation sites excluding steroid dienone is 1. The lowest BCUT2D eigenvalue weighted by Crippen LogP contribution is -2.09. The molecule has 0 aliphatic heterocycles. The number of furan rings is 1. The van der Waals surface area contributed by atoms with Crippen LogP contribution in [-0.4, -0.2) is 0 Å². The molecule has 9 aromatic rings. The molecule has 0 spiro atoms. The van der Waals surface area contributed by atoms with Gasteiger partial charge in [-0.2, -0.15) is 0 Å². The van der Waals surface area contributed by atoms with Crippen molar-refractivity contribution in [3.63, 3.8) is 0 Å². The van der Waals surface area contributed by atoms with Crippen molar-refractivity contribution in [2.24, 2.45) is 0 Å². The lowest BCUT2D eigenvalue weighted by atomic mass is 9.91. The third kappa shape index (κ3) is 6.52. The first kappa shape index (κ1) is 33.4. The lowest BCUT2D eigenvalue weighted by Gasteiger charge is -2.26. The quantitative estimate of drug-likeness (QED) is 0.156. The minimum absolute atomic E-state index is 0.923. The molecule has 8 aromatic carbocycles. The van der Waals surface area contributed by atoms with Crippen LogP contribution in [0.15, 0.2) is 211 Å². The highest BCUT2D eigenvalue weighted by atomic mass is 16.3. The standard InChI is InChI=1S/C54H39NO/c1-4-10-38(11-5-1)42-20-28-48(29-21-42)55(49-30-22-43(23-31-49)39-12-6-2-7-13-39)50-32-24-44(25-33-50)41-16-18-45(19-17-41)47-27-35-54-52(37-47)51-36-46(26-34-53(51)56-54)40-14-8-3-9-15-40/h1-25,27-33,35-37H,26,34H2. The molecule has 0 radical (unpaired) electrons. The fraction of sp³-hybridized carbons (Fsp3) is 0.0370. The Hall–Kier alpha value is -7.16. The van der Waals surface area contributed by atoms with Gasteiger partial charge in [0.1, 0.15) is 11.3 Å². The summed E-state index contributed by atoms with van der Waals surface area (Å²) in [4.78, 5) is 2.33. The Balaban J connectivity index is 0.937. The monoisotopic (exact) mass is 717 g/mol. The van der Waals surface area contributed by atoms with Crippen molar-refractivity contribution in [3.05, 3.63) is 223 Å². The highest BCUT2D eigenvalue weighted by Crippen LogP contribution is 2.40. The van der Waals surface area contributed by atoms with Gasteiger partial charge in [-0.1, -0.05) is 158 Å². The molecule has 0 N–H and O–H groups in total. The molecule has 0 unspecified atom stereocenters. The Morgan fingerprint density at radius 2 is 0.714 bits per heavy atom. The zero-order valence-corrected chi connectivity index (χ0v) is 31.0. The van der Waals surface area contributed by atoms with Crippen LogP contribution in [0.2, 0.25) is 0 Å². The largest absolute Gasteiger partial charge is 0.460 e. The molecule has 0 atom stereocenters. The van der Waals surface area contributed by atoms with Crippen LogP contribution >= 0.6 is 0 Å². The minimum Gasteiger partial charge on any atom is -0.460 e. The van der Waals surface area contributed by atoms with Crippen LogP contribution in [0.25, 0.3) is 67.1 Å². The summed E-state index contributed by atoms with van der Waals surface area (Å²) in [6, 6.07) is 74.0. The molecule has 2 heteroatoms. The van der Waals surface area contributed by atoms with Crippen molar-refractivity contribution in [1.82, 2.24) is 0 Å². The molecule has 1 aliphatic carbocycles. The predicted octanol–water partition coefficient (Wildman–Crippen LogP) is 15.1. The molecule has 0 saturated heterocycles. The number of nitrogens with zero attached hydrogens (tertiary/aromatic N) is 1. The molecule has 10 rings (SSSR count). The van der Waals surface area contributed by atoms with Crippen LogP contribution in [-0.2, 0) is 6.42 Å². The number of anilines is 3. The minimum atomic E-state index is 0.923. The van der Waals surface area contributed by atoms with E-state index < -0.39 is 0 Å². The van der Waals surface area contributed by atoms with Gasteiger partial charge in [0, 0.05) is 34.4 Å². The third-order valence-corrected chi connectivity index (χ3v) is 11.0. The van der Waals surface area contributed by atoms with Gasteiger partial charge < -0.3 is 9.32 Å². The van der Waals surface area contributed by atoms with Gasteiger partial charge in [0.2, 0.25) is 0 Å². The molecular formula is C54H39NO. The van der Waals surface area contributed by atoms with E-state index in [-0.39, 0.29) is 0 Å². The predicted molar refractivity (Wildman–Crippen MR) is 235 cm³/mol. The SMILES string of the molecule is C1=C(c2ccccc2)CCc2oc3ccc(-c4ccc(-c5ccc(N(c6ccc(-c7ccccc7)cc6)c6ccc(-c7ccccc7)cc6)cc5)cc4)cc3c21. The summed E-state index contributed by atoms with van der Waals surface area (Å²) < 4.78 is 6.32. The lowest BCUT2D eigenvalue weighted by molar-refractivity contribution is 0.548. The topological polar surface area (TPSA) is 16.4 Å². The van der Waals surface area contributed by atoms with Crippen LogP contribution in [0.3, 0.4) is 0 Å². The summed E-state index contributed by atoms with van der Waals surface area (Å²) in [6.07, 6.45) is 4.25. The Morgan fingerprint density at radius 1 is 0.339 bits per heavy atom. The van der Waals surface area contributed by atoms with Crippen molar-refractivity contribution in [2.45, 2.75) is 12.8 Å². The van der Waals surface area contributed by atoms with E-state index in [0.717, 1.165) is 41.2 Å². The molecule has 0 amide bonds. The number of fused-ring (bicyclic) bond motifs is 3. The first-order valence-electron chi connectivity index (χ1n) is 19.4. The smallest absolute Gasteiger partial charge is 0.134 e. The highest BCUT2D eigenvalue weighted by Gasteiger charge is 2.20. The second-order valence-corrected chi connectivity index (χ2v) is 14.5. The maximum Gasteiger partial charge on any atom is 0.134 e. The fourth-order valence-electron chi connectivity index (χ4n) is 8.04. The summed E-state index contributed by atoms with van der Waals surface area (Å²) in [6.45, 7) is 0. The van der Waals surface area contributed by atoms with Gasteiger partial charge in [-0.25, -0.2) is 0 Å². The maximum atomic E-state index is 6.32. The average Bonchev–Trinajstić information content (AvgIpc) is 3.65. The van der Waals surface area contributed by atoms with Crippen molar-refractivity contribution >= 4 is 39.7 Å². The number of hydrogen-bond donors (Lipinski definition) is 0. The molecule has 1 aliphatic rings. The zero-order chi connectivity index (χ0) is 37.3. The van der Waals surface area contributed by atoms with Crippen molar-refractivity contribution in [2.75, 3.05) is 4.90 Å². The average molecular weight is 718 g/mol. The Morgan fingerprint density at radius 3 is 1.18 bits per heavy atom. The van der Waals surface area contributed by atoms with E-state index in [1.54, 1.807) is 0 Å². The van der Waals surface area contributed by atoms with Crippen LogP contribution < -0.4 is 4.90 Å². The first-order valence-corrected chi connectivity index (χ1v) is 19.4. The van der Waals surface area contributed by atoms with Crippen LogP contribution in [0.5, 0.6) is 0 Å². The van der Waals surface area contributed by atoms with E-state index in [0.29, 0.717) is 0 Å². The molecule has 56 heavy (non-hydrogen) atoms. The molecule has 1 aromatic heterocycles. The van der Waals surface area contributed by atoms with Crippen molar-refractivity contribution in [1.29, 1.82) is 0 Å². The van der Waals surface area contributed by atoms with Crippen molar-refractivity contribution in [3.8, 4) is 44.5 Å². The number of rotatable bonds is 8. The van der Waals surface area contributed by atoms with Gasteiger partial charge in [-0.05, 0) is 117 Å². The van der Waals surface area contributed by atoms with Gasteiger partial charge in [-0.15, -0.1) is 0 Å². The van der Waals surface area contributed by atoms with Gasteiger partial charge in [-0.3, -0.25) is 0 Å². The van der Waals surface area contributed by atoms with E-state index in [1.807, 2.05) is 0 Å². The van der Waals surface area contributed by atoms with E-state index in [4.69, 9.17) is 4.42 Å². The summed E-state index contributed by atoms with van der Waals surface area (Å²) in [5.41, 5.74) is 17.7. The molecule has 0 fully saturated rings. The van der Waals surface area contributed by atoms with E-state index in [1.165, 1.54) is 66.6 Å². The van der Waals surface area contributed by atoms with Crippen molar-refractivity contribution < 1.29 is 4.42 Å². The second-order valence-electron chi connectivity index (χ2n) is 14.5. The Kier molecular flexibility index (Phi) is 8.70. The van der Waals surface area contributed by atoms with E-state index in [2.05, 4.69) is 217 Å². The summed E-state index contributed by atoms with van der Waals surface area (Å²) in [7, 11) is 0. The first-order chi connectivity index (χ1) is 27.7. The normalized spacial score (nSPS) is 12.2. The fourth-order valence-corrected chi connectivity index (χ4v) is 8.04. The van der Waals surface area contributed by atoms with E-state index >= 15 is 0 Å². The van der Waals surface area contributed by atoms with Crippen LogP contribution in [0.1, 0.15) is 23.3 Å². The van der Waals surface area contributed by atoms with Crippen LogP contribution in [0, 0.1) is 0 Å². The van der Waals surface area contributed by atoms with Gasteiger partial charge in [0.25, 0.3) is 0 Å². The molecule has 2 nitrogen and oxygen atoms in total. The summed E-state index contributed by atoms with van der Waals surface area (Å²) >= 11 is 0. The third-order valence-electron chi connectivity index (χ3n) is 11.0. The van der Waals surface area contributed by atoms with Gasteiger partial charge in [0.15, 0.2) is 0 Å². The van der Waals surface area contributed by atoms with Gasteiger partial charge >= 0.3 is 0 Å². The molecule has 266 valence electrons. The molecule has 0 bridgehead atoms. The number of hydrogen-bond acceptors (Lipinski definition) is 2. The summed E-state index contributed by atoms with van der Waals surface area (Å²) in [5, 5.41) is 1.18. The zero-order valence-electron chi connectivity index (χ0n) is 31.0. The molecule has 1 heterocycles. The number of benzene rings is 8. The molecule has 0 saturated carbocycles. The Labute approximate surface area is 328 Å². The molecular weight excluding hydrogens is 679 g/mol. The maximum absolute atomic E-state index is 6.32. The number of aryl methyl sites for hydroxylation is 1. The van der Waals surface area contributed by atoms with E-state index in [9.17, 15) is 0 Å². The second kappa shape index (κ2) is 14.6. The Bertz CT molecular complexity index is 2700.